The zero-order valence-electron chi connectivity index (χ0n) is 9.45. The molecule has 0 aliphatic heterocycles. The van der Waals surface area contributed by atoms with Gasteiger partial charge in [0.25, 0.3) is 0 Å². The first-order valence-electron chi connectivity index (χ1n) is 5.51. The third-order valence-electron chi connectivity index (χ3n) is 2.29. The van der Waals surface area contributed by atoms with Gasteiger partial charge < -0.3 is 9.84 Å². The third-order valence-corrected chi connectivity index (χ3v) is 2.29. The van der Waals surface area contributed by atoms with Crippen LogP contribution in [-0.2, 0) is 9.53 Å². The molecule has 0 aliphatic carbocycles. The maximum Gasteiger partial charge on any atom is 0.335 e. The third kappa shape index (κ3) is 4.61. The average molecular weight is 202 g/mol. The average Bonchev–Trinajstić information content (AvgIpc) is 2.17. The molecule has 3 nitrogen and oxygen atoms in total. The van der Waals surface area contributed by atoms with Crippen LogP contribution < -0.4 is 0 Å². The molecule has 0 amide bonds. The minimum atomic E-state index is -0.935. The lowest BCUT2D eigenvalue weighted by molar-refractivity contribution is -0.156. The first-order valence-corrected chi connectivity index (χ1v) is 5.51. The number of aliphatic hydroxyl groups is 1. The number of rotatable bonds is 7. The summed E-state index contributed by atoms with van der Waals surface area (Å²) in [6.07, 6.45) is 2.80. The molecule has 0 bridgehead atoms. The molecule has 0 aromatic rings. The smallest absolute Gasteiger partial charge is 0.335 e. The fourth-order valence-corrected chi connectivity index (χ4v) is 1.62. The SMILES string of the molecule is CCCC(CCC)C(O)C(=O)OCC. The zero-order chi connectivity index (χ0) is 11.0. The van der Waals surface area contributed by atoms with Crippen LogP contribution in [0.4, 0.5) is 0 Å². The number of aliphatic hydroxyl groups excluding tert-OH is 1. The lowest BCUT2D eigenvalue weighted by Crippen LogP contribution is -2.31. The quantitative estimate of drug-likeness (QED) is 0.643. The molecular formula is C11H22O3. The van der Waals surface area contributed by atoms with Gasteiger partial charge in [0.15, 0.2) is 6.10 Å². The molecule has 0 rings (SSSR count). The molecule has 0 heterocycles. The second kappa shape index (κ2) is 7.80. The molecule has 1 unspecified atom stereocenters. The summed E-state index contributed by atoms with van der Waals surface area (Å²) in [6.45, 7) is 6.20. The number of ether oxygens (including phenoxy) is 1. The number of carbonyl (C=O) groups is 1. The van der Waals surface area contributed by atoms with Gasteiger partial charge in [-0.3, -0.25) is 0 Å². The molecule has 0 radical (unpaired) electrons. The highest BCUT2D eigenvalue weighted by Gasteiger charge is 2.25. The van der Waals surface area contributed by atoms with Crippen LogP contribution in [0.15, 0.2) is 0 Å². The van der Waals surface area contributed by atoms with Crippen molar-refractivity contribution >= 4 is 5.97 Å². The Labute approximate surface area is 86.5 Å². The van der Waals surface area contributed by atoms with Crippen molar-refractivity contribution in [2.45, 2.75) is 52.6 Å². The highest BCUT2D eigenvalue weighted by Crippen LogP contribution is 2.18. The van der Waals surface area contributed by atoms with E-state index in [2.05, 4.69) is 13.8 Å². The summed E-state index contributed by atoms with van der Waals surface area (Å²) in [5.74, 6) is -0.413. The second-order valence-corrected chi connectivity index (χ2v) is 3.53. The van der Waals surface area contributed by atoms with Crippen molar-refractivity contribution in [3.63, 3.8) is 0 Å². The summed E-state index contributed by atoms with van der Waals surface area (Å²) in [5.41, 5.74) is 0. The van der Waals surface area contributed by atoms with Crippen molar-refractivity contribution in [1.82, 2.24) is 0 Å². The van der Waals surface area contributed by atoms with Crippen LogP contribution in [0.25, 0.3) is 0 Å². The Morgan fingerprint density at radius 2 is 1.71 bits per heavy atom. The predicted molar refractivity (Wildman–Crippen MR) is 55.9 cm³/mol. The Morgan fingerprint density at radius 3 is 2.07 bits per heavy atom. The molecular weight excluding hydrogens is 180 g/mol. The van der Waals surface area contributed by atoms with Gasteiger partial charge in [-0.05, 0) is 25.7 Å². The van der Waals surface area contributed by atoms with E-state index in [4.69, 9.17) is 4.74 Å². The minimum absolute atomic E-state index is 0.0593. The summed E-state index contributed by atoms with van der Waals surface area (Å²) < 4.78 is 4.79. The van der Waals surface area contributed by atoms with Crippen LogP contribution >= 0.6 is 0 Å². The maximum atomic E-state index is 11.3. The van der Waals surface area contributed by atoms with Crippen LogP contribution in [0, 0.1) is 5.92 Å². The van der Waals surface area contributed by atoms with E-state index >= 15 is 0 Å². The molecule has 3 heteroatoms. The summed E-state index contributed by atoms with van der Waals surface area (Å²) in [7, 11) is 0. The van der Waals surface area contributed by atoms with Crippen LogP contribution in [0.3, 0.4) is 0 Å². The van der Waals surface area contributed by atoms with Gasteiger partial charge in [-0.2, -0.15) is 0 Å². The summed E-state index contributed by atoms with van der Waals surface area (Å²) >= 11 is 0. The Balaban J connectivity index is 4.11. The lowest BCUT2D eigenvalue weighted by atomic mass is 9.92. The molecule has 14 heavy (non-hydrogen) atoms. The fourth-order valence-electron chi connectivity index (χ4n) is 1.62. The van der Waals surface area contributed by atoms with Crippen LogP contribution in [0.1, 0.15) is 46.5 Å². The predicted octanol–water partition coefficient (Wildman–Crippen LogP) is 2.13. The van der Waals surface area contributed by atoms with Crippen LogP contribution in [0.5, 0.6) is 0 Å². The largest absolute Gasteiger partial charge is 0.464 e. The Kier molecular flexibility index (Phi) is 7.48. The van der Waals surface area contributed by atoms with E-state index in [-0.39, 0.29) is 5.92 Å². The van der Waals surface area contributed by atoms with Crippen molar-refractivity contribution < 1.29 is 14.6 Å². The van der Waals surface area contributed by atoms with E-state index in [1.807, 2.05) is 0 Å². The second-order valence-electron chi connectivity index (χ2n) is 3.53. The molecule has 0 aromatic carbocycles. The fraction of sp³-hybridized carbons (Fsp3) is 0.909. The number of hydrogen-bond donors (Lipinski definition) is 1. The molecule has 1 N–H and O–H groups in total. The molecule has 0 aromatic heterocycles. The zero-order valence-corrected chi connectivity index (χ0v) is 9.45. The van der Waals surface area contributed by atoms with E-state index < -0.39 is 12.1 Å². The van der Waals surface area contributed by atoms with Gasteiger partial charge in [0, 0.05) is 0 Å². The van der Waals surface area contributed by atoms with Crippen molar-refractivity contribution in [1.29, 1.82) is 0 Å². The van der Waals surface area contributed by atoms with Gasteiger partial charge in [0.2, 0.25) is 0 Å². The van der Waals surface area contributed by atoms with Crippen molar-refractivity contribution in [3.8, 4) is 0 Å². The van der Waals surface area contributed by atoms with Gasteiger partial charge in [0.05, 0.1) is 6.61 Å². The highest BCUT2D eigenvalue weighted by atomic mass is 16.5. The standard InChI is InChI=1S/C11H22O3/c1-4-7-9(8-5-2)10(12)11(13)14-6-3/h9-10,12H,4-8H2,1-3H3. The molecule has 0 saturated carbocycles. The van der Waals surface area contributed by atoms with Gasteiger partial charge in [0.1, 0.15) is 0 Å². The van der Waals surface area contributed by atoms with Gasteiger partial charge in [-0.25, -0.2) is 4.79 Å². The molecule has 1 atom stereocenters. The molecule has 0 aliphatic rings. The van der Waals surface area contributed by atoms with E-state index in [0.29, 0.717) is 6.61 Å². The Bertz CT molecular complexity index is 151. The molecule has 0 spiro atoms. The first kappa shape index (κ1) is 13.4. The van der Waals surface area contributed by atoms with E-state index in [1.54, 1.807) is 6.92 Å². The van der Waals surface area contributed by atoms with Crippen molar-refractivity contribution in [2.75, 3.05) is 6.61 Å². The highest BCUT2D eigenvalue weighted by molar-refractivity contribution is 5.74. The van der Waals surface area contributed by atoms with Crippen LogP contribution in [-0.4, -0.2) is 23.8 Å². The summed E-state index contributed by atoms with van der Waals surface area (Å²) in [6, 6.07) is 0. The van der Waals surface area contributed by atoms with E-state index in [0.717, 1.165) is 25.7 Å². The number of esters is 1. The van der Waals surface area contributed by atoms with E-state index in [9.17, 15) is 9.90 Å². The monoisotopic (exact) mass is 202 g/mol. The van der Waals surface area contributed by atoms with Gasteiger partial charge >= 0.3 is 5.97 Å². The van der Waals surface area contributed by atoms with E-state index in [1.165, 1.54) is 0 Å². The number of hydrogen-bond acceptors (Lipinski definition) is 3. The molecule has 0 saturated heterocycles. The van der Waals surface area contributed by atoms with Crippen molar-refractivity contribution in [3.05, 3.63) is 0 Å². The van der Waals surface area contributed by atoms with Crippen LogP contribution in [0.2, 0.25) is 0 Å². The minimum Gasteiger partial charge on any atom is -0.464 e. The molecule has 0 fully saturated rings. The topological polar surface area (TPSA) is 46.5 Å². The maximum absolute atomic E-state index is 11.3. The van der Waals surface area contributed by atoms with Gasteiger partial charge in [-0.15, -0.1) is 0 Å². The van der Waals surface area contributed by atoms with Crippen molar-refractivity contribution in [2.24, 2.45) is 5.92 Å². The molecule has 84 valence electrons. The lowest BCUT2D eigenvalue weighted by Gasteiger charge is -2.20. The Morgan fingerprint density at radius 1 is 1.21 bits per heavy atom. The first-order chi connectivity index (χ1) is 6.67. The van der Waals surface area contributed by atoms with Gasteiger partial charge in [-0.1, -0.05) is 26.7 Å². The summed E-state index contributed by atoms with van der Waals surface area (Å²) in [5, 5.41) is 9.70. The normalized spacial score (nSPS) is 12.9. The summed E-state index contributed by atoms with van der Waals surface area (Å²) in [4.78, 5) is 11.3. The Hall–Kier alpha value is -0.570. The number of carbonyl (C=O) groups excluding carboxylic acids is 1.